The van der Waals surface area contributed by atoms with E-state index in [4.69, 9.17) is 14.2 Å². The first kappa shape index (κ1) is 25.6. The van der Waals surface area contributed by atoms with Gasteiger partial charge in [-0.25, -0.2) is 9.79 Å². The third kappa shape index (κ3) is 4.70. The van der Waals surface area contributed by atoms with E-state index in [1.807, 2.05) is 0 Å². The van der Waals surface area contributed by atoms with Gasteiger partial charge in [-0.1, -0.05) is 23.5 Å². The molecule has 0 saturated heterocycles. The number of phenolic OH excluding ortho intramolecular Hbond substituents is 1. The highest BCUT2D eigenvalue weighted by Crippen LogP contribution is 2.37. The van der Waals surface area contributed by atoms with Crippen LogP contribution in [0.5, 0.6) is 17.2 Å². The first-order chi connectivity index (χ1) is 17.7. The lowest BCUT2D eigenvalue weighted by Gasteiger charge is -2.24. The van der Waals surface area contributed by atoms with Crippen molar-refractivity contribution < 1.29 is 29.0 Å². The molecule has 1 aromatic heterocycles. The fourth-order valence-electron chi connectivity index (χ4n) is 4.04. The van der Waals surface area contributed by atoms with Crippen LogP contribution in [0.1, 0.15) is 31.0 Å². The van der Waals surface area contributed by atoms with Crippen LogP contribution in [0.25, 0.3) is 6.08 Å². The highest BCUT2D eigenvalue weighted by atomic mass is 32.1. The van der Waals surface area contributed by atoms with E-state index in [1.54, 1.807) is 38.1 Å². The Kier molecular flexibility index (Phi) is 7.11. The summed E-state index contributed by atoms with van der Waals surface area (Å²) in [4.78, 5) is 42.1. The third-order valence-electron chi connectivity index (χ3n) is 5.74. The molecule has 1 atom stereocenters. The fraction of sp³-hybridized carbons (Fsp3) is 0.240. The number of rotatable bonds is 7. The number of nitro groups is 1. The number of hydrogen-bond acceptors (Lipinski definition) is 10. The topological polar surface area (TPSA) is 142 Å². The Morgan fingerprint density at radius 3 is 2.54 bits per heavy atom. The molecular formula is C25H23N3O8S. The fourth-order valence-corrected chi connectivity index (χ4v) is 5.08. The average Bonchev–Trinajstić information content (AvgIpc) is 3.18. The number of esters is 1. The molecule has 0 saturated carbocycles. The molecule has 0 fully saturated rings. The lowest BCUT2D eigenvalue weighted by molar-refractivity contribution is -0.386. The molecule has 0 aliphatic carbocycles. The van der Waals surface area contributed by atoms with Crippen LogP contribution >= 0.6 is 11.3 Å². The maximum Gasteiger partial charge on any atom is 0.338 e. The third-order valence-corrected chi connectivity index (χ3v) is 6.72. The number of carbonyl (C=O) groups is 1. The molecule has 37 heavy (non-hydrogen) atoms. The molecule has 192 valence electrons. The SMILES string of the molecule is CCOC(=O)C1=C(C)N=c2s/c(=C/c3cc(OC)c(O)c([N+](=O)[O-])c3)c(=O)n2[C@@H]1c1ccc(OC)cc1. The van der Waals surface area contributed by atoms with Gasteiger partial charge in [-0.05, 0) is 49.2 Å². The number of carbonyl (C=O) groups excluding carboxylic acids is 1. The van der Waals surface area contributed by atoms with Crippen molar-refractivity contribution in [1.82, 2.24) is 4.57 Å². The van der Waals surface area contributed by atoms with E-state index < -0.39 is 33.9 Å². The molecule has 3 aromatic rings. The molecule has 12 heteroatoms. The summed E-state index contributed by atoms with van der Waals surface area (Å²) in [6.07, 6.45) is 1.45. The molecule has 1 aliphatic rings. The second-order valence-corrected chi connectivity index (χ2v) is 8.93. The number of hydrogen-bond donors (Lipinski definition) is 1. The van der Waals surface area contributed by atoms with Crippen LogP contribution in [0.4, 0.5) is 5.69 Å². The summed E-state index contributed by atoms with van der Waals surface area (Å²) in [6.45, 7) is 3.52. The number of thiazole rings is 1. The highest BCUT2D eigenvalue weighted by molar-refractivity contribution is 7.07. The largest absolute Gasteiger partial charge is 0.500 e. The van der Waals surface area contributed by atoms with Crippen LogP contribution < -0.4 is 24.4 Å². The molecule has 2 heterocycles. The van der Waals surface area contributed by atoms with Crippen molar-refractivity contribution in [2.24, 2.45) is 4.99 Å². The number of methoxy groups -OCH3 is 2. The van der Waals surface area contributed by atoms with Gasteiger partial charge < -0.3 is 19.3 Å². The van der Waals surface area contributed by atoms with Gasteiger partial charge in [0.1, 0.15) is 5.75 Å². The number of aromatic nitrogens is 1. The molecule has 4 rings (SSSR count). The number of nitrogens with zero attached hydrogens (tertiary/aromatic N) is 3. The number of aromatic hydroxyl groups is 1. The van der Waals surface area contributed by atoms with Gasteiger partial charge in [-0.2, -0.15) is 0 Å². The Balaban J connectivity index is 1.95. The zero-order chi connectivity index (χ0) is 26.9. The second kappa shape index (κ2) is 10.3. The summed E-state index contributed by atoms with van der Waals surface area (Å²) in [5.74, 6) is -0.694. The van der Waals surface area contributed by atoms with Crippen molar-refractivity contribution in [3.8, 4) is 17.2 Å². The minimum absolute atomic E-state index is 0.107. The number of fused-ring (bicyclic) bond motifs is 1. The van der Waals surface area contributed by atoms with E-state index in [0.717, 1.165) is 17.4 Å². The van der Waals surface area contributed by atoms with Gasteiger partial charge in [0, 0.05) is 6.07 Å². The molecule has 1 aliphatic heterocycles. The van der Waals surface area contributed by atoms with E-state index in [2.05, 4.69) is 4.99 Å². The van der Waals surface area contributed by atoms with Crippen LogP contribution in [0.3, 0.4) is 0 Å². The summed E-state index contributed by atoms with van der Waals surface area (Å²) < 4.78 is 17.2. The zero-order valence-electron chi connectivity index (χ0n) is 20.4. The number of phenols is 1. The number of benzene rings is 2. The predicted octanol–water partition coefficient (Wildman–Crippen LogP) is 2.43. The molecule has 1 N–H and O–H groups in total. The number of allylic oxidation sites excluding steroid dienone is 1. The summed E-state index contributed by atoms with van der Waals surface area (Å²) in [6, 6.07) is 8.69. The minimum Gasteiger partial charge on any atom is -0.500 e. The summed E-state index contributed by atoms with van der Waals surface area (Å²) in [7, 11) is 2.81. The first-order valence-electron chi connectivity index (χ1n) is 11.1. The first-order valence-corrected chi connectivity index (χ1v) is 11.9. The smallest absolute Gasteiger partial charge is 0.338 e. The van der Waals surface area contributed by atoms with Crippen molar-refractivity contribution in [3.63, 3.8) is 0 Å². The Hall–Kier alpha value is -4.45. The van der Waals surface area contributed by atoms with E-state index >= 15 is 0 Å². The van der Waals surface area contributed by atoms with Gasteiger partial charge in [0.25, 0.3) is 5.56 Å². The van der Waals surface area contributed by atoms with E-state index in [1.165, 1.54) is 30.9 Å². The van der Waals surface area contributed by atoms with Gasteiger partial charge in [-0.3, -0.25) is 19.5 Å². The molecular weight excluding hydrogens is 502 g/mol. The minimum atomic E-state index is -0.813. The summed E-state index contributed by atoms with van der Waals surface area (Å²) >= 11 is 1.07. The summed E-state index contributed by atoms with van der Waals surface area (Å²) in [5.41, 5.74) is 0.548. The maximum atomic E-state index is 13.7. The molecule has 2 aromatic carbocycles. The second-order valence-electron chi connectivity index (χ2n) is 7.92. The number of nitro benzene ring substituents is 1. The molecule has 0 amide bonds. The van der Waals surface area contributed by atoms with Crippen LogP contribution in [0.15, 0.2) is 57.5 Å². The van der Waals surface area contributed by atoms with E-state index in [0.29, 0.717) is 21.8 Å². The standard InChI is InChI=1S/C25H23N3O8S/c1-5-36-24(31)20-13(2)26-25-27(21(20)15-6-8-16(34-3)9-7-15)23(30)19(37-25)12-14-10-17(28(32)33)22(29)18(11-14)35-4/h6-12,21,29H,5H2,1-4H3/b19-12+/t21-/m1/s1. The van der Waals surface area contributed by atoms with Gasteiger partial charge in [-0.15, -0.1) is 0 Å². The Labute approximate surface area is 214 Å². The van der Waals surface area contributed by atoms with Gasteiger partial charge in [0.15, 0.2) is 10.6 Å². The molecule has 0 spiro atoms. The van der Waals surface area contributed by atoms with Gasteiger partial charge in [0.2, 0.25) is 5.75 Å². The van der Waals surface area contributed by atoms with Crippen LogP contribution in [0.2, 0.25) is 0 Å². The van der Waals surface area contributed by atoms with Crippen molar-refractivity contribution in [2.75, 3.05) is 20.8 Å². The Bertz CT molecular complexity index is 1600. The van der Waals surface area contributed by atoms with Crippen molar-refractivity contribution >= 4 is 29.1 Å². The summed E-state index contributed by atoms with van der Waals surface area (Å²) in [5, 5.41) is 21.5. The van der Waals surface area contributed by atoms with Gasteiger partial charge >= 0.3 is 11.7 Å². The lowest BCUT2D eigenvalue weighted by Crippen LogP contribution is -2.39. The van der Waals surface area contributed by atoms with Crippen molar-refractivity contribution in [3.05, 3.63) is 88.6 Å². The quantitative estimate of drug-likeness (QED) is 0.282. The molecule has 0 bridgehead atoms. The normalized spacial score (nSPS) is 15.1. The van der Waals surface area contributed by atoms with Crippen molar-refractivity contribution in [2.45, 2.75) is 19.9 Å². The predicted molar refractivity (Wildman–Crippen MR) is 135 cm³/mol. The molecule has 0 unspecified atom stereocenters. The van der Waals surface area contributed by atoms with Crippen LogP contribution in [-0.4, -0.2) is 41.4 Å². The van der Waals surface area contributed by atoms with Gasteiger partial charge in [0.05, 0.1) is 47.6 Å². The zero-order valence-corrected chi connectivity index (χ0v) is 21.2. The van der Waals surface area contributed by atoms with Crippen LogP contribution in [-0.2, 0) is 9.53 Å². The van der Waals surface area contributed by atoms with E-state index in [-0.39, 0.29) is 28.0 Å². The molecule has 0 radical (unpaired) electrons. The number of ether oxygens (including phenoxy) is 3. The van der Waals surface area contributed by atoms with Crippen molar-refractivity contribution in [1.29, 1.82) is 0 Å². The molecule has 11 nitrogen and oxygen atoms in total. The van der Waals surface area contributed by atoms with Crippen LogP contribution in [0, 0.1) is 10.1 Å². The Morgan fingerprint density at radius 1 is 1.24 bits per heavy atom. The highest BCUT2D eigenvalue weighted by Gasteiger charge is 2.33. The van der Waals surface area contributed by atoms with E-state index in [9.17, 15) is 24.8 Å². The average molecular weight is 526 g/mol. The monoisotopic (exact) mass is 525 g/mol. The lowest BCUT2D eigenvalue weighted by atomic mass is 9.96. The maximum absolute atomic E-state index is 13.7. The Morgan fingerprint density at radius 2 is 1.95 bits per heavy atom.